The van der Waals surface area contributed by atoms with Crippen LogP contribution in [0.2, 0.25) is 0 Å². The average molecular weight is 368 g/mol. The van der Waals surface area contributed by atoms with E-state index in [-0.39, 0.29) is 6.10 Å². The smallest absolute Gasteiger partial charge is 0.260 e. The van der Waals surface area contributed by atoms with E-state index in [1.54, 1.807) is 6.20 Å². The van der Waals surface area contributed by atoms with Crippen LogP contribution >= 0.6 is 11.3 Å². The summed E-state index contributed by atoms with van der Waals surface area (Å²) < 4.78 is 6.95. The summed E-state index contributed by atoms with van der Waals surface area (Å²) in [7, 11) is 0. The third-order valence-electron chi connectivity index (χ3n) is 4.67. The summed E-state index contributed by atoms with van der Waals surface area (Å²) in [5.41, 5.74) is 13.1. The molecule has 1 fully saturated rings. The topological polar surface area (TPSA) is 94.5 Å². The van der Waals surface area contributed by atoms with E-state index in [9.17, 15) is 4.79 Å². The van der Waals surface area contributed by atoms with Crippen LogP contribution < -0.4 is 21.1 Å². The van der Waals surface area contributed by atoms with Gasteiger partial charge in [0, 0.05) is 37.5 Å². The molecule has 1 saturated heterocycles. The monoisotopic (exact) mass is 368 g/mol. The maximum Gasteiger partial charge on any atom is 0.260 e. The van der Waals surface area contributed by atoms with Gasteiger partial charge in [0.25, 0.3) is 5.91 Å². The Morgan fingerprint density at radius 2 is 1.92 bits per heavy atom. The first-order valence-corrected chi connectivity index (χ1v) is 9.37. The van der Waals surface area contributed by atoms with Crippen molar-refractivity contribution < 1.29 is 9.53 Å². The molecule has 2 aromatic heterocycles. The molecule has 1 aliphatic heterocycles. The Kier molecular flexibility index (Phi) is 4.38. The number of amides is 1. The van der Waals surface area contributed by atoms with Gasteiger partial charge in [-0.1, -0.05) is 18.2 Å². The minimum atomic E-state index is -0.496. The number of piperidine rings is 1. The van der Waals surface area contributed by atoms with Crippen LogP contribution in [0.1, 0.15) is 22.5 Å². The zero-order valence-corrected chi connectivity index (χ0v) is 15.0. The van der Waals surface area contributed by atoms with E-state index >= 15 is 0 Å². The lowest BCUT2D eigenvalue weighted by atomic mass is 10.1. The van der Waals surface area contributed by atoms with Crippen molar-refractivity contribution in [3.8, 4) is 5.75 Å². The van der Waals surface area contributed by atoms with Crippen molar-refractivity contribution in [1.82, 2.24) is 4.98 Å². The molecular weight excluding hydrogens is 348 g/mol. The maximum absolute atomic E-state index is 11.6. The van der Waals surface area contributed by atoms with E-state index in [1.807, 2.05) is 36.5 Å². The third kappa shape index (κ3) is 3.06. The number of para-hydroxylation sites is 1. The SMILES string of the molecule is NC(=O)c1sc2cncc(N3CCC(Oc4ccccc4)CC3)c2c1N. The molecule has 1 aliphatic rings. The van der Waals surface area contributed by atoms with Crippen molar-refractivity contribution in [2.45, 2.75) is 18.9 Å². The van der Waals surface area contributed by atoms with Crippen LogP contribution in [-0.4, -0.2) is 30.1 Å². The van der Waals surface area contributed by atoms with Crippen LogP contribution in [-0.2, 0) is 0 Å². The summed E-state index contributed by atoms with van der Waals surface area (Å²) in [5.74, 6) is 0.410. The standard InChI is InChI=1S/C19H20N4O2S/c20-17-16-14(10-22-11-15(16)26-18(17)19(21)24)23-8-6-13(7-9-23)25-12-4-2-1-3-5-12/h1-5,10-11,13H,6-9,20H2,(H2,21,24). The van der Waals surface area contributed by atoms with Crippen LogP contribution in [0.15, 0.2) is 42.7 Å². The molecule has 3 aromatic rings. The molecule has 26 heavy (non-hydrogen) atoms. The van der Waals surface area contributed by atoms with Crippen molar-refractivity contribution in [2.24, 2.45) is 5.73 Å². The number of nitrogens with zero attached hydrogens (tertiary/aromatic N) is 2. The Morgan fingerprint density at radius 3 is 2.62 bits per heavy atom. The average Bonchev–Trinajstić information content (AvgIpc) is 3.01. The second-order valence-corrected chi connectivity index (χ2v) is 7.41. The molecule has 6 nitrogen and oxygen atoms in total. The molecule has 134 valence electrons. The van der Waals surface area contributed by atoms with Crippen LogP contribution in [0, 0.1) is 0 Å². The van der Waals surface area contributed by atoms with Gasteiger partial charge in [-0.25, -0.2) is 0 Å². The van der Waals surface area contributed by atoms with E-state index in [0.717, 1.165) is 47.5 Å². The Hall–Kier alpha value is -2.80. The normalized spacial score (nSPS) is 15.3. The molecule has 7 heteroatoms. The summed E-state index contributed by atoms with van der Waals surface area (Å²) in [6, 6.07) is 9.90. The van der Waals surface area contributed by atoms with Crippen LogP contribution in [0.3, 0.4) is 0 Å². The lowest BCUT2D eigenvalue weighted by Gasteiger charge is -2.34. The first-order chi connectivity index (χ1) is 12.6. The number of hydrogen-bond acceptors (Lipinski definition) is 6. The number of benzene rings is 1. The van der Waals surface area contributed by atoms with E-state index in [2.05, 4.69) is 9.88 Å². The number of pyridine rings is 1. The molecular formula is C19H20N4O2S. The highest BCUT2D eigenvalue weighted by molar-refractivity contribution is 7.21. The molecule has 0 saturated carbocycles. The van der Waals surface area contributed by atoms with Crippen molar-refractivity contribution >= 4 is 38.7 Å². The molecule has 0 radical (unpaired) electrons. The molecule has 1 aromatic carbocycles. The highest BCUT2D eigenvalue weighted by Gasteiger charge is 2.24. The molecule has 0 aliphatic carbocycles. The lowest BCUT2D eigenvalue weighted by Crippen LogP contribution is -2.38. The van der Waals surface area contributed by atoms with E-state index in [4.69, 9.17) is 16.2 Å². The number of rotatable bonds is 4. The third-order valence-corrected chi connectivity index (χ3v) is 5.82. The zero-order chi connectivity index (χ0) is 18.1. The van der Waals surface area contributed by atoms with E-state index < -0.39 is 5.91 Å². The number of anilines is 2. The van der Waals surface area contributed by atoms with Gasteiger partial charge < -0.3 is 21.1 Å². The molecule has 1 amide bonds. The number of fused-ring (bicyclic) bond motifs is 1. The largest absolute Gasteiger partial charge is 0.490 e. The Balaban J connectivity index is 1.53. The van der Waals surface area contributed by atoms with Crippen molar-refractivity contribution in [3.63, 3.8) is 0 Å². The van der Waals surface area contributed by atoms with Gasteiger partial charge in [0.05, 0.1) is 22.3 Å². The number of hydrogen-bond donors (Lipinski definition) is 2. The van der Waals surface area contributed by atoms with Gasteiger partial charge in [0.15, 0.2) is 0 Å². The molecule has 0 bridgehead atoms. The predicted molar refractivity (Wildman–Crippen MR) is 105 cm³/mol. The lowest BCUT2D eigenvalue weighted by molar-refractivity contribution is 0.100. The minimum absolute atomic E-state index is 0.196. The second kappa shape index (κ2) is 6.84. The molecule has 4 N–H and O–H groups in total. The van der Waals surface area contributed by atoms with Crippen LogP contribution in [0.4, 0.5) is 11.4 Å². The van der Waals surface area contributed by atoms with Crippen LogP contribution in [0.5, 0.6) is 5.75 Å². The van der Waals surface area contributed by atoms with Gasteiger partial charge in [-0.05, 0) is 12.1 Å². The number of thiophene rings is 1. The Bertz CT molecular complexity index is 933. The Morgan fingerprint density at radius 1 is 1.19 bits per heavy atom. The summed E-state index contributed by atoms with van der Waals surface area (Å²) in [5, 5.41) is 0.876. The summed E-state index contributed by atoms with van der Waals surface area (Å²) in [6.07, 6.45) is 5.57. The number of nitrogens with two attached hydrogens (primary N) is 2. The van der Waals surface area contributed by atoms with Crippen LogP contribution in [0.25, 0.3) is 10.1 Å². The molecule has 0 atom stereocenters. The quantitative estimate of drug-likeness (QED) is 0.738. The first kappa shape index (κ1) is 16.7. The highest BCUT2D eigenvalue weighted by Crippen LogP contribution is 2.39. The van der Waals surface area contributed by atoms with Crippen molar-refractivity contribution in [2.75, 3.05) is 23.7 Å². The molecule has 3 heterocycles. The number of primary amides is 1. The van der Waals surface area contributed by atoms with Crippen molar-refractivity contribution in [3.05, 3.63) is 47.6 Å². The summed E-state index contributed by atoms with van der Waals surface area (Å²) in [4.78, 5) is 18.6. The zero-order valence-electron chi connectivity index (χ0n) is 14.2. The van der Waals surface area contributed by atoms with E-state index in [0.29, 0.717) is 10.6 Å². The fraction of sp³-hybridized carbons (Fsp3) is 0.263. The first-order valence-electron chi connectivity index (χ1n) is 8.56. The van der Waals surface area contributed by atoms with Gasteiger partial charge in [-0.3, -0.25) is 9.78 Å². The second-order valence-electron chi connectivity index (χ2n) is 6.36. The summed E-state index contributed by atoms with van der Waals surface area (Å²) >= 11 is 1.30. The minimum Gasteiger partial charge on any atom is -0.490 e. The van der Waals surface area contributed by atoms with Gasteiger partial charge in [-0.15, -0.1) is 11.3 Å². The van der Waals surface area contributed by atoms with Gasteiger partial charge >= 0.3 is 0 Å². The summed E-state index contributed by atoms with van der Waals surface area (Å²) in [6.45, 7) is 1.69. The molecule has 4 rings (SSSR count). The number of ether oxygens (including phenoxy) is 1. The number of nitrogen functional groups attached to an aromatic ring is 1. The van der Waals surface area contributed by atoms with E-state index in [1.165, 1.54) is 11.3 Å². The van der Waals surface area contributed by atoms with Gasteiger partial charge in [-0.2, -0.15) is 0 Å². The highest BCUT2D eigenvalue weighted by atomic mass is 32.1. The number of carbonyl (C=O) groups excluding carboxylic acids is 1. The van der Waals surface area contributed by atoms with Gasteiger partial charge in [0.1, 0.15) is 16.7 Å². The molecule has 0 spiro atoms. The Labute approximate surface area is 155 Å². The number of aromatic nitrogens is 1. The number of carbonyl (C=O) groups is 1. The maximum atomic E-state index is 11.6. The fourth-order valence-corrected chi connectivity index (χ4v) is 4.35. The molecule has 0 unspecified atom stereocenters. The van der Waals surface area contributed by atoms with Crippen molar-refractivity contribution in [1.29, 1.82) is 0 Å². The predicted octanol–water partition coefficient (Wildman–Crippen LogP) is 3.03. The fourth-order valence-electron chi connectivity index (χ4n) is 3.39. The van der Waals surface area contributed by atoms with Gasteiger partial charge in [0.2, 0.25) is 0 Å².